The molecule has 0 aliphatic rings. The van der Waals surface area contributed by atoms with Crippen LogP contribution in [0.5, 0.6) is 5.75 Å². The second-order valence-corrected chi connectivity index (χ2v) is 7.21. The second kappa shape index (κ2) is 6.37. The van der Waals surface area contributed by atoms with Crippen molar-refractivity contribution in [3.05, 3.63) is 53.4 Å². The molecule has 0 amide bonds. The monoisotopic (exact) mass is 381 g/mol. The van der Waals surface area contributed by atoms with Crippen LogP contribution < -0.4 is 9.46 Å². The fourth-order valence-corrected chi connectivity index (χ4v) is 3.01. The summed E-state index contributed by atoms with van der Waals surface area (Å²) in [6.45, 7) is 0. The van der Waals surface area contributed by atoms with E-state index in [2.05, 4.69) is 9.97 Å². The number of hydrogen-bond donors (Lipinski definition) is 2. The topological polar surface area (TPSA) is 101 Å². The van der Waals surface area contributed by atoms with Gasteiger partial charge in [0, 0.05) is 17.1 Å². The van der Waals surface area contributed by atoms with Gasteiger partial charge in [0.15, 0.2) is 5.82 Å². The van der Waals surface area contributed by atoms with Crippen molar-refractivity contribution >= 4 is 32.5 Å². The highest BCUT2D eigenvalue weighted by Crippen LogP contribution is 2.28. The Morgan fingerprint density at radius 3 is 2.69 bits per heavy atom. The first-order chi connectivity index (χ1) is 12.2. The SMILES string of the molecule is COc1cnc2[nH]cc(C(=O)c3c(F)ccc(NS(C)(=O)=O)c3F)c2c1. The summed E-state index contributed by atoms with van der Waals surface area (Å²) in [5, 5.41) is 0.314. The summed E-state index contributed by atoms with van der Waals surface area (Å²) < 4.78 is 58.3. The van der Waals surface area contributed by atoms with Crippen molar-refractivity contribution < 1.29 is 26.7 Å². The predicted molar refractivity (Wildman–Crippen MR) is 90.9 cm³/mol. The first kappa shape index (κ1) is 17.8. The van der Waals surface area contributed by atoms with Gasteiger partial charge >= 0.3 is 0 Å². The fourth-order valence-electron chi connectivity index (χ4n) is 2.46. The molecule has 0 aliphatic heterocycles. The summed E-state index contributed by atoms with van der Waals surface area (Å²) in [5.41, 5.74) is -1.09. The number of nitrogens with one attached hydrogen (secondary N) is 2. The van der Waals surface area contributed by atoms with Gasteiger partial charge in [-0.1, -0.05) is 0 Å². The number of pyridine rings is 1. The van der Waals surface area contributed by atoms with Gasteiger partial charge in [0.05, 0.1) is 30.8 Å². The number of nitrogens with zero attached hydrogens (tertiary/aromatic N) is 1. The quantitative estimate of drug-likeness (QED) is 0.661. The smallest absolute Gasteiger partial charge is 0.229 e. The van der Waals surface area contributed by atoms with E-state index >= 15 is 0 Å². The average Bonchev–Trinajstić information content (AvgIpc) is 2.99. The molecule has 0 fully saturated rings. The molecule has 2 heterocycles. The van der Waals surface area contributed by atoms with Crippen LogP contribution in [-0.2, 0) is 10.0 Å². The van der Waals surface area contributed by atoms with Crippen LogP contribution in [0, 0.1) is 11.6 Å². The van der Waals surface area contributed by atoms with E-state index in [-0.39, 0.29) is 5.56 Å². The van der Waals surface area contributed by atoms with Crippen LogP contribution in [-0.4, -0.2) is 37.5 Å². The Morgan fingerprint density at radius 1 is 1.31 bits per heavy atom. The van der Waals surface area contributed by atoms with E-state index in [4.69, 9.17) is 4.74 Å². The van der Waals surface area contributed by atoms with Gasteiger partial charge in [0.2, 0.25) is 15.8 Å². The van der Waals surface area contributed by atoms with Gasteiger partial charge in [0.1, 0.15) is 17.2 Å². The van der Waals surface area contributed by atoms with E-state index in [1.54, 1.807) is 0 Å². The van der Waals surface area contributed by atoms with Crippen molar-refractivity contribution in [1.82, 2.24) is 9.97 Å². The number of ketones is 1. The number of H-pyrrole nitrogens is 1. The Labute approximate surface area is 147 Å². The van der Waals surface area contributed by atoms with E-state index in [0.29, 0.717) is 16.8 Å². The number of hydrogen-bond acceptors (Lipinski definition) is 5. The molecule has 0 atom stereocenters. The maximum absolute atomic E-state index is 14.6. The minimum absolute atomic E-state index is 0.0271. The standard InChI is InChI=1S/C16H13F2N3O4S/c1-25-8-5-9-10(7-20-16(9)19-6-8)15(22)13-11(17)3-4-12(14(13)18)21-26(2,23)24/h3-7,21H,1-2H3,(H,19,20). The summed E-state index contributed by atoms with van der Waals surface area (Å²) in [6, 6.07) is 3.22. The highest BCUT2D eigenvalue weighted by molar-refractivity contribution is 7.92. The second-order valence-electron chi connectivity index (χ2n) is 5.46. The maximum Gasteiger partial charge on any atom is 0.229 e. The Morgan fingerprint density at radius 2 is 2.04 bits per heavy atom. The third kappa shape index (κ3) is 3.23. The summed E-state index contributed by atoms with van der Waals surface area (Å²) >= 11 is 0. The van der Waals surface area contributed by atoms with Crippen LogP contribution in [0.3, 0.4) is 0 Å². The molecule has 0 bridgehead atoms. The predicted octanol–water partition coefficient (Wildman–Crippen LogP) is 2.45. The minimum Gasteiger partial charge on any atom is -0.495 e. The van der Waals surface area contributed by atoms with Crippen molar-refractivity contribution in [3.63, 3.8) is 0 Å². The largest absolute Gasteiger partial charge is 0.495 e. The molecule has 0 spiro atoms. The highest BCUT2D eigenvalue weighted by atomic mass is 32.2. The van der Waals surface area contributed by atoms with Gasteiger partial charge in [-0.2, -0.15) is 0 Å². The minimum atomic E-state index is -3.81. The molecule has 0 radical (unpaired) electrons. The number of benzene rings is 1. The number of aromatic amines is 1. The molecule has 0 aliphatic carbocycles. The molecule has 1 aromatic carbocycles. The van der Waals surface area contributed by atoms with E-state index in [1.165, 1.54) is 25.6 Å². The van der Waals surface area contributed by atoms with Gasteiger partial charge in [-0.3, -0.25) is 9.52 Å². The Hall–Kier alpha value is -3.01. The first-order valence-corrected chi connectivity index (χ1v) is 9.12. The Bertz CT molecular complexity index is 1130. The number of carbonyl (C=O) groups excluding carboxylic acids is 1. The van der Waals surface area contributed by atoms with Crippen LogP contribution in [0.4, 0.5) is 14.5 Å². The zero-order valence-corrected chi connectivity index (χ0v) is 14.4. The van der Waals surface area contributed by atoms with E-state index in [0.717, 1.165) is 18.4 Å². The lowest BCUT2D eigenvalue weighted by atomic mass is 10.0. The zero-order valence-electron chi connectivity index (χ0n) is 13.6. The van der Waals surface area contributed by atoms with Crippen molar-refractivity contribution in [3.8, 4) is 5.75 Å². The molecule has 3 aromatic rings. The molecule has 26 heavy (non-hydrogen) atoms. The summed E-state index contributed by atoms with van der Waals surface area (Å²) in [7, 11) is -2.40. The summed E-state index contributed by atoms with van der Waals surface area (Å²) in [6.07, 6.45) is 3.51. The normalized spacial score (nSPS) is 11.5. The molecule has 10 heteroatoms. The Balaban J connectivity index is 2.15. The zero-order chi connectivity index (χ0) is 19.1. The molecular weight excluding hydrogens is 368 g/mol. The number of rotatable bonds is 5. The molecule has 7 nitrogen and oxygen atoms in total. The van der Waals surface area contributed by atoms with Gasteiger partial charge in [0.25, 0.3) is 0 Å². The van der Waals surface area contributed by atoms with E-state index in [1.807, 2.05) is 4.72 Å². The van der Waals surface area contributed by atoms with Crippen LogP contribution in [0.2, 0.25) is 0 Å². The molecule has 0 saturated heterocycles. The molecule has 0 unspecified atom stereocenters. The molecule has 3 rings (SSSR count). The average molecular weight is 381 g/mol. The van der Waals surface area contributed by atoms with Gasteiger partial charge in [-0.25, -0.2) is 22.2 Å². The Kier molecular flexibility index (Phi) is 4.36. The van der Waals surface area contributed by atoms with Gasteiger partial charge in [-0.05, 0) is 18.2 Å². The number of halogens is 2. The lowest BCUT2D eigenvalue weighted by molar-refractivity contribution is 0.103. The number of fused-ring (bicyclic) bond motifs is 1. The molecular formula is C16H13F2N3O4S. The molecule has 2 aromatic heterocycles. The summed E-state index contributed by atoms with van der Waals surface area (Å²) in [4.78, 5) is 19.5. The number of methoxy groups -OCH3 is 1. The summed E-state index contributed by atoms with van der Waals surface area (Å²) in [5.74, 6) is -3.01. The molecule has 2 N–H and O–H groups in total. The van der Waals surface area contributed by atoms with Crippen LogP contribution >= 0.6 is 0 Å². The third-order valence-corrected chi connectivity index (χ3v) is 4.19. The third-order valence-electron chi connectivity index (χ3n) is 3.60. The van der Waals surface area contributed by atoms with E-state index in [9.17, 15) is 22.0 Å². The number of aromatic nitrogens is 2. The number of carbonyl (C=O) groups is 1. The molecule has 136 valence electrons. The van der Waals surface area contributed by atoms with Crippen molar-refractivity contribution in [2.75, 3.05) is 18.1 Å². The number of ether oxygens (including phenoxy) is 1. The van der Waals surface area contributed by atoms with Crippen LogP contribution in [0.25, 0.3) is 11.0 Å². The van der Waals surface area contributed by atoms with Crippen molar-refractivity contribution in [1.29, 1.82) is 0 Å². The highest BCUT2D eigenvalue weighted by Gasteiger charge is 2.25. The molecule has 0 saturated carbocycles. The van der Waals surface area contributed by atoms with Gasteiger partial charge < -0.3 is 9.72 Å². The van der Waals surface area contributed by atoms with E-state index < -0.39 is 38.7 Å². The van der Waals surface area contributed by atoms with Crippen LogP contribution in [0.15, 0.2) is 30.6 Å². The number of anilines is 1. The first-order valence-electron chi connectivity index (χ1n) is 7.23. The van der Waals surface area contributed by atoms with Crippen molar-refractivity contribution in [2.24, 2.45) is 0 Å². The lowest BCUT2D eigenvalue weighted by Gasteiger charge is -2.10. The maximum atomic E-state index is 14.6. The number of sulfonamides is 1. The van der Waals surface area contributed by atoms with Crippen LogP contribution in [0.1, 0.15) is 15.9 Å². The van der Waals surface area contributed by atoms with Crippen molar-refractivity contribution in [2.45, 2.75) is 0 Å². The fraction of sp³-hybridized carbons (Fsp3) is 0.125. The lowest BCUT2D eigenvalue weighted by Crippen LogP contribution is -2.14. The van der Waals surface area contributed by atoms with Gasteiger partial charge in [-0.15, -0.1) is 0 Å².